The third kappa shape index (κ3) is 2.69. The Morgan fingerprint density at radius 3 is 2.64 bits per heavy atom. The van der Waals surface area contributed by atoms with Gasteiger partial charge >= 0.3 is 0 Å². The predicted molar refractivity (Wildman–Crippen MR) is 75.9 cm³/mol. The molecule has 2 aromatic carbocycles. The van der Waals surface area contributed by atoms with Crippen LogP contribution in [-0.2, 0) is 0 Å². The van der Waals surface area contributed by atoms with Crippen molar-refractivity contribution in [3.05, 3.63) is 69.6 Å². The Morgan fingerprint density at radius 2 is 1.91 bits per heavy atom. The van der Waals surface area contributed by atoms with Gasteiger partial charge in [0.05, 0.1) is 4.92 Å². The van der Waals surface area contributed by atoms with Gasteiger partial charge in [0.25, 0.3) is 5.69 Å². The van der Waals surface area contributed by atoms with Gasteiger partial charge in [-0.2, -0.15) is 0 Å². The number of benzene rings is 2. The topological polar surface area (TPSA) is 69.2 Å². The van der Waals surface area contributed by atoms with Crippen LogP contribution in [0, 0.1) is 21.7 Å². The van der Waals surface area contributed by atoms with E-state index in [-0.39, 0.29) is 11.6 Å². The molecule has 0 unspecified atom stereocenters. The molecule has 0 bridgehead atoms. The molecule has 3 aromatic rings. The van der Waals surface area contributed by atoms with E-state index in [4.69, 9.17) is 4.42 Å². The largest absolute Gasteiger partial charge is 0.437 e. The van der Waals surface area contributed by atoms with Crippen LogP contribution in [0.5, 0.6) is 0 Å². The van der Waals surface area contributed by atoms with Crippen LogP contribution in [0.25, 0.3) is 23.3 Å². The Bertz CT molecular complexity index is 903. The normalized spacial score (nSPS) is 11.4. The third-order valence-electron chi connectivity index (χ3n) is 2.96. The molecule has 0 atom stereocenters. The smallest absolute Gasteiger partial charge is 0.271 e. The SMILES string of the molecule is O=[N+]([O-])c1ccc2oc(/C=C/c3ccc(F)c(F)c3)nc2c1. The van der Waals surface area contributed by atoms with Crippen LogP contribution in [0.2, 0.25) is 0 Å². The number of hydrogen-bond donors (Lipinski definition) is 0. The standard InChI is InChI=1S/C15H8F2N2O3/c16-11-4-1-9(7-12(11)17)2-6-15-18-13-8-10(19(20)21)3-5-14(13)22-15/h1-8H/b6-2+. The fraction of sp³-hybridized carbons (Fsp3) is 0. The summed E-state index contributed by atoms with van der Waals surface area (Å²) in [5.74, 6) is -1.66. The van der Waals surface area contributed by atoms with Crippen LogP contribution < -0.4 is 0 Å². The Labute approximate surface area is 122 Å². The molecule has 3 rings (SSSR count). The zero-order valence-electron chi connectivity index (χ0n) is 11.0. The highest BCUT2D eigenvalue weighted by Crippen LogP contribution is 2.22. The second kappa shape index (κ2) is 5.36. The zero-order chi connectivity index (χ0) is 15.7. The number of hydrogen-bond acceptors (Lipinski definition) is 4. The van der Waals surface area contributed by atoms with Crippen molar-refractivity contribution < 1.29 is 18.1 Å². The molecule has 0 fully saturated rings. The van der Waals surface area contributed by atoms with Gasteiger partial charge in [0.15, 0.2) is 17.2 Å². The number of rotatable bonds is 3. The van der Waals surface area contributed by atoms with E-state index in [1.54, 1.807) is 0 Å². The number of non-ortho nitro benzene ring substituents is 1. The molecular weight excluding hydrogens is 294 g/mol. The summed E-state index contributed by atoms with van der Waals surface area (Å²) in [6.07, 6.45) is 2.97. The summed E-state index contributed by atoms with van der Waals surface area (Å²) < 4.78 is 31.3. The van der Waals surface area contributed by atoms with Gasteiger partial charge in [-0.15, -0.1) is 0 Å². The summed E-state index contributed by atoms with van der Waals surface area (Å²) in [4.78, 5) is 14.3. The molecule has 0 amide bonds. The van der Waals surface area contributed by atoms with Crippen molar-refractivity contribution in [1.29, 1.82) is 0 Å². The first-order valence-corrected chi connectivity index (χ1v) is 6.21. The summed E-state index contributed by atoms with van der Waals surface area (Å²) in [5.41, 5.74) is 1.10. The maximum atomic E-state index is 13.1. The average Bonchev–Trinajstić information content (AvgIpc) is 2.90. The molecular formula is C15H8F2N2O3. The van der Waals surface area contributed by atoms with Gasteiger partial charge in [0.1, 0.15) is 5.52 Å². The Morgan fingerprint density at radius 1 is 1.09 bits per heavy atom. The lowest BCUT2D eigenvalue weighted by atomic mass is 10.2. The van der Waals surface area contributed by atoms with Gasteiger partial charge in [0.2, 0.25) is 5.89 Å². The van der Waals surface area contributed by atoms with Crippen LogP contribution in [-0.4, -0.2) is 9.91 Å². The van der Waals surface area contributed by atoms with Crippen LogP contribution in [0.4, 0.5) is 14.5 Å². The van der Waals surface area contributed by atoms with Crippen LogP contribution >= 0.6 is 0 Å². The van der Waals surface area contributed by atoms with Crippen molar-refractivity contribution in [1.82, 2.24) is 4.98 Å². The van der Waals surface area contributed by atoms with Gasteiger partial charge in [-0.25, -0.2) is 13.8 Å². The van der Waals surface area contributed by atoms with E-state index in [0.717, 1.165) is 12.1 Å². The zero-order valence-corrected chi connectivity index (χ0v) is 11.0. The van der Waals surface area contributed by atoms with Crippen molar-refractivity contribution in [2.24, 2.45) is 0 Å². The highest BCUT2D eigenvalue weighted by Gasteiger charge is 2.10. The molecule has 0 aliphatic heterocycles. The first-order chi connectivity index (χ1) is 10.5. The van der Waals surface area contributed by atoms with E-state index in [0.29, 0.717) is 16.7 Å². The first-order valence-electron chi connectivity index (χ1n) is 6.21. The number of nitro groups is 1. The Balaban J connectivity index is 1.91. The molecule has 0 aliphatic carbocycles. The maximum absolute atomic E-state index is 13.1. The van der Waals surface area contributed by atoms with E-state index >= 15 is 0 Å². The van der Waals surface area contributed by atoms with Crippen LogP contribution in [0.15, 0.2) is 40.8 Å². The van der Waals surface area contributed by atoms with Gasteiger partial charge in [-0.05, 0) is 29.8 Å². The van der Waals surface area contributed by atoms with Gasteiger partial charge in [-0.3, -0.25) is 10.1 Å². The molecule has 0 N–H and O–H groups in total. The molecule has 0 spiro atoms. The molecule has 1 heterocycles. The van der Waals surface area contributed by atoms with Gasteiger partial charge in [-0.1, -0.05) is 6.07 Å². The quantitative estimate of drug-likeness (QED) is 0.537. The van der Waals surface area contributed by atoms with Crippen molar-refractivity contribution in [2.75, 3.05) is 0 Å². The molecule has 22 heavy (non-hydrogen) atoms. The molecule has 0 radical (unpaired) electrons. The Hall–Kier alpha value is -3.09. The van der Waals surface area contributed by atoms with E-state index in [1.807, 2.05) is 0 Å². The van der Waals surface area contributed by atoms with E-state index in [2.05, 4.69) is 4.98 Å². The maximum Gasteiger partial charge on any atom is 0.271 e. The summed E-state index contributed by atoms with van der Waals surface area (Å²) >= 11 is 0. The highest BCUT2D eigenvalue weighted by atomic mass is 19.2. The second-order valence-electron chi connectivity index (χ2n) is 4.47. The number of halogens is 2. The number of fused-ring (bicyclic) bond motifs is 1. The van der Waals surface area contributed by atoms with Crippen molar-refractivity contribution in [3.63, 3.8) is 0 Å². The number of oxazole rings is 1. The minimum absolute atomic E-state index is 0.0862. The molecule has 1 aromatic heterocycles. The summed E-state index contributed by atoms with van der Waals surface area (Å²) in [5, 5.41) is 10.7. The molecule has 0 aliphatic rings. The summed E-state index contributed by atoms with van der Waals surface area (Å²) in [7, 11) is 0. The lowest BCUT2D eigenvalue weighted by Crippen LogP contribution is -1.86. The van der Waals surface area contributed by atoms with Gasteiger partial charge in [0, 0.05) is 18.2 Å². The third-order valence-corrected chi connectivity index (χ3v) is 2.96. The minimum Gasteiger partial charge on any atom is -0.437 e. The minimum atomic E-state index is -0.949. The Kier molecular flexibility index (Phi) is 3.38. The van der Waals surface area contributed by atoms with Crippen molar-refractivity contribution in [3.8, 4) is 0 Å². The number of nitrogens with zero attached hydrogens (tertiary/aromatic N) is 2. The summed E-state index contributed by atoms with van der Waals surface area (Å²) in [6, 6.07) is 7.53. The van der Waals surface area contributed by atoms with Crippen LogP contribution in [0.1, 0.15) is 11.5 Å². The first kappa shape index (κ1) is 13.9. The lowest BCUT2D eigenvalue weighted by Gasteiger charge is -1.94. The fourth-order valence-corrected chi connectivity index (χ4v) is 1.90. The van der Waals surface area contributed by atoms with Gasteiger partial charge < -0.3 is 4.42 Å². The van der Waals surface area contributed by atoms with E-state index in [1.165, 1.54) is 36.4 Å². The predicted octanol–water partition coefficient (Wildman–Crippen LogP) is 4.18. The lowest BCUT2D eigenvalue weighted by molar-refractivity contribution is -0.384. The summed E-state index contributed by atoms with van der Waals surface area (Å²) in [6.45, 7) is 0. The van der Waals surface area contributed by atoms with E-state index in [9.17, 15) is 18.9 Å². The monoisotopic (exact) mass is 302 g/mol. The molecule has 0 saturated heterocycles. The molecule has 5 nitrogen and oxygen atoms in total. The number of aromatic nitrogens is 1. The van der Waals surface area contributed by atoms with Crippen molar-refractivity contribution >= 4 is 28.9 Å². The van der Waals surface area contributed by atoms with E-state index < -0.39 is 16.6 Å². The molecule has 0 saturated carbocycles. The van der Waals surface area contributed by atoms with Crippen molar-refractivity contribution in [2.45, 2.75) is 0 Å². The van der Waals surface area contributed by atoms with Crippen LogP contribution in [0.3, 0.4) is 0 Å². The molecule has 7 heteroatoms. The second-order valence-corrected chi connectivity index (χ2v) is 4.47. The highest BCUT2D eigenvalue weighted by molar-refractivity contribution is 5.78. The average molecular weight is 302 g/mol. The fourth-order valence-electron chi connectivity index (χ4n) is 1.90. The molecule has 110 valence electrons. The number of nitro benzene ring substituents is 1.